The van der Waals surface area contributed by atoms with Crippen LogP contribution < -0.4 is 0 Å². The van der Waals surface area contributed by atoms with Crippen LogP contribution >= 0.6 is 7.82 Å². The molecule has 0 amide bonds. The topological polar surface area (TPSA) is 65.0 Å². The van der Waals surface area contributed by atoms with Gasteiger partial charge < -0.3 is 14.1 Å². The first-order valence-corrected chi connectivity index (χ1v) is 8.76. The molecular formula is C13H31NO5P+. The van der Waals surface area contributed by atoms with Crippen molar-refractivity contribution in [2.24, 2.45) is 0 Å². The van der Waals surface area contributed by atoms with Gasteiger partial charge in [-0.3, -0.25) is 9.05 Å². The van der Waals surface area contributed by atoms with Gasteiger partial charge in [0.25, 0.3) is 0 Å². The molecule has 6 nitrogen and oxygen atoms in total. The highest BCUT2D eigenvalue weighted by Gasteiger charge is 2.22. The van der Waals surface area contributed by atoms with Crippen molar-refractivity contribution < 1.29 is 27.7 Å². The average molecular weight is 312 g/mol. The summed E-state index contributed by atoms with van der Waals surface area (Å²) in [7, 11) is 2.02. The molecule has 0 aromatic carbocycles. The Morgan fingerprint density at radius 3 is 2.20 bits per heavy atom. The fourth-order valence-corrected chi connectivity index (χ4v) is 2.10. The summed E-state index contributed by atoms with van der Waals surface area (Å²) in [5.74, 6) is 0. The zero-order valence-corrected chi connectivity index (χ0v) is 14.2. The quantitative estimate of drug-likeness (QED) is 0.321. The summed E-state index contributed by atoms with van der Waals surface area (Å²) in [6, 6.07) is 0. The average Bonchev–Trinajstić information content (AvgIpc) is 2.30. The summed E-state index contributed by atoms with van der Waals surface area (Å²) in [6.07, 6.45) is 4.59. The first-order chi connectivity index (χ1) is 9.27. The van der Waals surface area contributed by atoms with Gasteiger partial charge >= 0.3 is 7.82 Å². The van der Waals surface area contributed by atoms with Gasteiger partial charge in [-0.25, -0.2) is 4.57 Å². The minimum Gasteiger partial charge on any atom is -0.379 e. The predicted octanol–water partition coefficient (Wildman–Crippen LogP) is 2.42. The lowest BCUT2D eigenvalue weighted by Gasteiger charge is -2.24. The highest BCUT2D eigenvalue weighted by atomic mass is 31.2. The van der Waals surface area contributed by atoms with Gasteiger partial charge in [-0.1, -0.05) is 26.2 Å². The van der Waals surface area contributed by atoms with Gasteiger partial charge in [0.2, 0.25) is 0 Å². The van der Waals surface area contributed by atoms with Crippen LogP contribution in [0.5, 0.6) is 0 Å². The van der Waals surface area contributed by atoms with Gasteiger partial charge in [0.1, 0.15) is 13.2 Å². The summed E-state index contributed by atoms with van der Waals surface area (Å²) in [4.78, 5) is 9.43. The lowest BCUT2D eigenvalue weighted by atomic mass is 10.2. The summed E-state index contributed by atoms with van der Waals surface area (Å²) < 4.78 is 27.2. The van der Waals surface area contributed by atoms with E-state index in [4.69, 9.17) is 13.8 Å². The molecular weight excluding hydrogens is 281 g/mol. The number of hydrogen-bond acceptors (Lipinski definition) is 4. The molecule has 0 aliphatic heterocycles. The third-order valence-corrected chi connectivity index (χ3v) is 3.66. The van der Waals surface area contributed by atoms with E-state index in [2.05, 4.69) is 6.92 Å². The second kappa shape index (κ2) is 10.7. The minimum absolute atomic E-state index is 0.0753. The fourth-order valence-electron chi connectivity index (χ4n) is 1.41. The number of phosphoric ester groups is 1. The molecule has 0 bridgehead atoms. The fraction of sp³-hybridized carbons (Fsp3) is 1.00. The van der Waals surface area contributed by atoms with Crippen molar-refractivity contribution in [3.8, 4) is 0 Å². The lowest BCUT2D eigenvalue weighted by molar-refractivity contribution is -0.870. The molecule has 0 aliphatic carbocycles. The van der Waals surface area contributed by atoms with Gasteiger partial charge in [-0.2, -0.15) is 0 Å². The van der Waals surface area contributed by atoms with Gasteiger partial charge in [0.05, 0.1) is 34.4 Å². The molecule has 0 fully saturated rings. The second-order valence-corrected chi connectivity index (χ2v) is 7.28. The van der Waals surface area contributed by atoms with E-state index >= 15 is 0 Å². The van der Waals surface area contributed by atoms with Gasteiger partial charge in [-0.15, -0.1) is 0 Å². The summed E-state index contributed by atoms with van der Waals surface area (Å²) >= 11 is 0. The van der Waals surface area contributed by atoms with Crippen molar-refractivity contribution in [1.82, 2.24) is 0 Å². The van der Waals surface area contributed by atoms with E-state index in [0.717, 1.165) is 12.8 Å². The number of hydrogen-bond donors (Lipinski definition) is 1. The largest absolute Gasteiger partial charge is 0.472 e. The molecule has 0 aromatic rings. The number of quaternary nitrogens is 1. The Bertz CT molecular complexity index is 280. The Morgan fingerprint density at radius 2 is 1.60 bits per heavy atom. The van der Waals surface area contributed by atoms with Crippen molar-refractivity contribution >= 4 is 7.82 Å². The van der Waals surface area contributed by atoms with Crippen LogP contribution in [-0.2, 0) is 18.3 Å². The van der Waals surface area contributed by atoms with E-state index in [-0.39, 0.29) is 13.2 Å². The first kappa shape index (κ1) is 20.0. The molecule has 0 spiro atoms. The number of nitrogens with zero attached hydrogens (tertiary/aromatic N) is 1. The van der Waals surface area contributed by atoms with Crippen molar-refractivity contribution in [3.63, 3.8) is 0 Å². The maximum atomic E-state index is 11.5. The van der Waals surface area contributed by atoms with Crippen molar-refractivity contribution in [2.75, 3.05) is 54.1 Å². The Morgan fingerprint density at radius 1 is 0.950 bits per heavy atom. The van der Waals surface area contributed by atoms with Crippen LogP contribution in [0, 0.1) is 0 Å². The second-order valence-electron chi connectivity index (χ2n) is 5.82. The van der Waals surface area contributed by atoms with E-state index in [1.165, 1.54) is 12.8 Å². The standard InChI is InChI=1S/C13H30NO5P/c1-5-6-7-8-10-17-12-13-19-20(15,16)18-11-9-14(2,3)4/h5-13H2,1-4H3/p+1. The first-order valence-electron chi connectivity index (χ1n) is 7.27. The molecule has 7 heteroatoms. The highest BCUT2D eigenvalue weighted by Crippen LogP contribution is 2.42. The van der Waals surface area contributed by atoms with E-state index in [9.17, 15) is 9.46 Å². The molecule has 1 N–H and O–H groups in total. The van der Waals surface area contributed by atoms with Crippen molar-refractivity contribution in [3.05, 3.63) is 0 Å². The van der Waals surface area contributed by atoms with E-state index in [0.29, 0.717) is 24.2 Å². The molecule has 1 unspecified atom stereocenters. The Balaban J connectivity index is 3.50. The third-order valence-electron chi connectivity index (χ3n) is 2.64. The van der Waals surface area contributed by atoms with E-state index in [1.54, 1.807) is 0 Å². The lowest BCUT2D eigenvalue weighted by Crippen LogP contribution is -2.37. The number of ether oxygens (including phenoxy) is 1. The highest BCUT2D eigenvalue weighted by molar-refractivity contribution is 7.47. The Hall–Kier alpha value is 0.0300. The number of likely N-dealkylation sites (N-methyl/N-ethyl adjacent to an activating group) is 1. The van der Waals surface area contributed by atoms with Crippen LogP contribution in [0.15, 0.2) is 0 Å². The molecule has 0 rings (SSSR count). The smallest absolute Gasteiger partial charge is 0.379 e. The van der Waals surface area contributed by atoms with Crippen LogP contribution in [0.4, 0.5) is 0 Å². The maximum absolute atomic E-state index is 11.5. The van der Waals surface area contributed by atoms with Gasteiger partial charge in [-0.05, 0) is 6.42 Å². The van der Waals surface area contributed by atoms with E-state index in [1.807, 2.05) is 21.1 Å². The normalized spacial score (nSPS) is 15.2. The number of unbranched alkanes of at least 4 members (excludes halogenated alkanes) is 3. The summed E-state index contributed by atoms with van der Waals surface area (Å²) in [5.41, 5.74) is 0. The molecule has 0 aromatic heterocycles. The van der Waals surface area contributed by atoms with Crippen molar-refractivity contribution in [2.45, 2.75) is 32.6 Å². The summed E-state index contributed by atoms with van der Waals surface area (Å²) in [5, 5.41) is 0. The maximum Gasteiger partial charge on any atom is 0.472 e. The van der Waals surface area contributed by atoms with Gasteiger partial charge in [0, 0.05) is 6.61 Å². The van der Waals surface area contributed by atoms with Crippen molar-refractivity contribution in [1.29, 1.82) is 0 Å². The molecule has 1 atom stereocenters. The Kier molecular flexibility index (Phi) is 10.7. The van der Waals surface area contributed by atoms with Gasteiger partial charge in [0.15, 0.2) is 0 Å². The molecule has 0 aliphatic rings. The molecule has 0 saturated carbocycles. The monoisotopic (exact) mass is 312 g/mol. The molecule has 0 radical (unpaired) electrons. The molecule has 122 valence electrons. The van der Waals surface area contributed by atoms with Crippen LogP contribution in [-0.4, -0.2) is 63.5 Å². The summed E-state index contributed by atoms with van der Waals surface area (Å²) in [6.45, 7) is 4.05. The zero-order valence-electron chi connectivity index (χ0n) is 13.3. The SMILES string of the molecule is CCCCCCOCCOP(=O)(O)OCC[N+](C)(C)C. The third kappa shape index (κ3) is 14.4. The van der Waals surface area contributed by atoms with Crippen LogP contribution in [0.1, 0.15) is 32.6 Å². The zero-order chi connectivity index (χ0) is 15.5. The van der Waals surface area contributed by atoms with Crippen LogP contribution in [0.25, 0.3) is 0 Å². The van der Waals surface area contributed by atoms with Crippen LogP contribution in [0.2, 0.25) is 0 Å². The predicted molar refractivity (Wildman–Crippen MR) is 79.6 cm³/mol. The van der Waals surface area contributed by atoms with Crippen LogP contribution in [0.3, 0.4) is 0 Å². The minimum atomic E-state index is -3.93. The van der Waals surface area contributed by atoms with E-state index < -0.39 is 7.82 Å². The molecule has 20 heavy (non-hydrogen) atoms. The molecule has 0 saturated heterocycles. The Labute approximate surface area is 123 Å². The number of rotatable bonds is 13. The molecule has 0 heterocycles. The number of phosphoric acid groups is 1.